The van der Waals surface area contributed by atoms with Crippen LogP contribution in [0.2, 0.25) is 0 Å². The molecule has 0 aliphatic heterocycles. The van der Waals surface area contributed by atoms with E-state index in [2.05, 4.69) is 29.5 Å². The van der Waals surface area contributed by atoms with Crippen molar-refractivity contribution in [1.29, 1.82) is 0 Å². The van der Waals surface area contributed by atoms with Gasteiger partial charge in [0.1, 0.15) is 5.03 Å². The minimum Gasteiger partial charge on any atom is -0.325 e. The zero-order valence-corrected chi connectivity index (χ0v) is 18.7. The van der Waals surface area contributed by atoms with Crippen LogP contribution in [0.3, 0.4) is 0 Å². The van der Waals surface area contributed by atoms with Crippen LogP contribution in [0.25, 0.3) is 11.8 Å². The third kappa shape index (κ3) is 5.74. The zero-order valence-electron chi connectivity index (χ0n) is 17.0. The van der Waals surface area contributed by atoms with Gasteiger partial charge in [0.25, 0.3) is 5.56 Å². The summed E-state index contributed by atoms with van der Waals surface area (Å²) in [6.07, 6.45) is 6.93. The number of carbonyl (C=O) groups is 1. The number of thioether (sulfide) groups is 1. The number of amides is 1. The van der Waals surface area contributed by atoms with Crippen molar-refractivity contribution in [3.05, 3.63) is 70.1 Å². The van der Waals surface area contributed by atoms with Crippen LogP contribution in [-0.4, -0.2) is 21.2 Å². The smallest absolute Gasteiger partial charge is 0.267 e. The number of nitrogens with one attached hydrogen (secondary N) is 1. The monoisotopic (exact) mass is 427 g/mol. The maximum Gasteiger partial charge on any atom is 0.267 e. The highest BCUT2D eigenvalue weighted by atomic mass is 32.2. The van der Waals surface area contributed by atoms with Crippen molar-refractivity contribution in [2.45, 2.75) is 37.9 Å². The second kappa shape index (κ2) is 10.3. The molecule has 0 saturated carbocycles. The van der Waals surface area contributed by atoms with Crippen LogP contribution in [0.1, 0.15) is 30.5 Å². The molecule has 0 atom stereocenters. The number of nitrogens with zero attached hydrogens (tertiary/aromatic N) is 2. The third-order valence-corrected chi connectivity index (χ3v) is 5.45. The molecule has 2 rings (SSSR count). The van der Waals surface area contributed by atoms with E-state index < -0.39 is 0 Å². The van der Waals surface area contributed by atoms with E-state index in [4.69, 9.17) is 0 Å². The van der Waals surface area contributed by atoms with Gasteiger partial charge < -0.3 is 5.32 Å². The lowest BCUT2D eigenvalue weighted by molar-refractivity contribution is -0.113. The topological polar surface area (TPSA) is 64.0 Å². The number of hydrogen-bond acceptors (Lipinski definition) is 5. The van der Waals surface area contributed by atoms with Crippen molar-refractivity contribution >= 4 is 47.8 Å². The Kier molecular flexibility index (Phi) is 8.10. The minimum atomic E-state index is -0.275. The summed E-state index contributed by atoms with van der Waals surface area (Å²) < 4.78 is 1.41. The number of rotatable bonds is 7. The Labute approximate surface area is 181 Å². The highest BCUT2D eigenvalue weighted by Crippen LogP contribution is 2.22. The van der Waals surface area contributed by atoms with Crippen LogP contribution in [0.4, 0.5) is 5.69 Å². The van der Waals surface area contributed by atoms with Crippen LogP contribution in [0.15, 0.2) is 58.0 Å². The molecule has 5 nitrogen and oxygen atoms in total. The molecule has 1 N–H and O–H groups in total. The number of benzene rings is 1. The Morgan fingerprint density at radius 1 is 1.28 bits per heavy atom. The summed E-state index contributed by atoms with van der Waals surface area (Å²) in [6.45, 7) is 11.6. The number of hydrogen-bond donors (Lipinski definition) is 2. The van der Waals surface area contributed by atoms with E-state index in [-0.39, 0.29) is 17.2 Å². The van der Waals surface area contributed by atoms with Crippen LogP contribution in [0.5, 0.6) is 0 Å². The maximum atomic E-state index is 12.9. The highest BCUT2D eigenvalue weighted by Gasteiger charge is 2.16. The molecule has 0 unspecified atom stereocenters. The fourth-order valence-corrected chi connectivity index (χ4v) is 3.73. The summed E-state index contributed by atoms with van der Waals surface area (Å²) in [5, 5.41) is 3.56. The van der Waals surface area contributed by atoms with Gasteiger partial charge in [-0.1, -0.05) is 42.6 Å². The molecule has 0 radical (unpaired) electrons. The summed E-state index contributed by atoms with van der Waals surface area (Å²) in [4.78, 5) is 29.8. The minimum absolute atomic E-state index is 0.0959. The van der Waals surface area contributed by atoms with E-state index in [0.29, 0.717) is 21.4 Å². The average molecular weight is 428 g/mol. The average Bonchev–Trinajstić information content (AvgIpc) is 2.66. The lowest BCUT2D eigenvalue weighted by atomic mass is 10.1. The molecule has 1 heterocycles. The van der Waals surface area contributed by atoms with Crippen LogP contribution in [0, 0.1) is 13.8 Å². The molecular formula is C22H25N3O2S2. The Morgan fingerprint density at radius 2 is 2.00 bits per heavy atom. The van der Waals surface area contributed by atoms with Gasteiger partial charge in [0.15, 0.2) is 5.16 Å². The number of aryl methyl sites for hydroxylation is 2. The van der Waals surface area contributed by atoms with Crippen molar-refractivity contribution in [3.63, 3.8) is 0 Å². The largest absolute Gasteiger partial charge is 0.325 e. The molecule has 0 aliphatic carbocycles. The quantitative estimate of drug-likeness (QED) is 0.216. The highest BCUT2D eigenvalue weighted by molar-refractivity contribution is 7.99. The Bertz CT molecular complexity index is 1050. The molecule has 0 bridgehead atoms. The molecular weight excluding hydrogens is 402 g/mol. The maximum absolute atomic E-state index is 12.9. The van der Waals surface area contributed by atoms with Crippen molar-refractivity contribution in [3.8, 4) is 0 Å². The molecule has 1 aromatic heterocycles. The summed E-state index contributed by atoms with van der Waals surface area (Å²) in [5.74, 6) is -0.0903. The summed E-state index contributed by atoms with van der Waals surface area (Å²) in [6, 6.07) is 5.76. The molecule has 0 saturated heterocycles. The van der Waals surface area contributed by atoms with Crippen LogP contribution < -0.4 is 10.9 Å². The van der Waals surface area contributed by atoms with Gasteiger partial charge in [-0.3, -0.25) is 14.2 Å². The van der Waals surface area contributed by atoms with Gasteiger partial charge in [0.2, 0.25) is 5.91 Å². The van der Waals surface area contributed by atoms with Gasteiger partial charge in [0.05, 0.1) is 11.3 Å². The van der Waals surface area contributed by atoms with Gasteiger partial charge in [-0.05, 0) is 57.0 Å². The predicted molar refractivity (Wildman–Crippen MR) is 126 cm³/mol. The summed E-state index contributed by atoms with van der Waals surface area (Å²) in [7, 11) is 0. The van der Waals surface area contributed by atoms with Gasteiger partial charge >= 0.3 is 0 Å². The first-order chi connectivity index (χ1) is 13.8. The lowest BCUT2D eigenvalue weighted by Gasteiger charge is -2.14. The van der Waals surface area contributed by atoms with E-state index >= 15 is 0 Å². The Hall–Kier alpha value is -2.51. The van der Waals surface area contributed by atoms with Crippen molar-refractivity contribution < 1.29 is 4.79 Å². The predicted octanol–water partition coefficient (Wildman–Crippen LogP) is 4.96. The Balaban J connectivity index is 2.29. The van der Waals surface area contributed by atoms with E-state index in [9.17, 15) is 9.59 Å². The molecule has 0 spiro atoms. The molecule has 2 aromatic rings. The number of thiol groups is 1. The lowest BCUT2D eigenvalue weighted by Crippen LogP contribution is -2.25. The number of carbonyl (C=O) groups excluding carboxylic acids is 1. The first-order valence-electron chi connectivity index (χ1n) is 9.09. The summed E-state index contributed by atoms with van der Waals surface area (Å²) in [5.41, 5.74) is 3.58. The van der Waals surface area contributed by atoms with Crippen LogP contribution >= 0.6 is 24.4 Å². The molecule has 152 valence electrons. The van der Waals surface area contributed by atoms with E-state index in [0.717, 1.165) is 28.6 Å². The fourth-order valence-electron chi connectivity index (χ4n) is 2.58. The molecule has 29 heavy (non-hydrogen) atoms. The second-order valence-electron chi connectivity index (χ2n) is 6.40. The van der Waals surface area contributed by atoms with Gasteiger partial charge in [-0.25, -0.2) is 4.98 Å². The van der Waals surface area contributed by atoms with Crippen molar-refractivity contribution in [2.75, 3.05) is 11.1 Å². The second-order valence-corrected chi connectivity index (χ2v) is 7.77. The third-order valence-electron chi connectivity index (χ3n) is 4.17. The van der Waals surface area contributed by atoms with Gasteiger partial charge in [0, 0.05) is 11.4 Å². The van der Waals surface area contributed by atoms with Crippen molar-refractivity contribution in [1.82, 2.24) is 9.55 Å². The number of aromatic nitrogens is 2. The molecule has 1 amide bonds. The summed E-state index contributed by atoms with van der Waals surface area (Å²) >= 11 is 5.51. The SMILES string of the molecule is C=C(/C=C\C)n1c(SCC(=O)Nc2ccc(C)c(C)c2)nc(S)c(/C=C/C)c1=O. The Morgan fingerprint density at radius 3 is 2.62 bits per heavy atom. The first-order valence-corrected chi connectivity index (χ1v) is 10.5. The first kappa shape index (κ1) is 22.8. The van der Waals surface area contributed by atoms with Crippen LogP contribution in [-0.2, 0) is 4.79 Å². The number of allylic oxidation sites excluding steroid dienone is 4. The van der Waals surface area contributed by atoms with E-state index in [1.54, 1.807) is 24.3 Å². The molecule has 7 heteroatoms. The molecule has 1 aromatic carbocycles. The molecule has 0 aliphatic rings. The van der Waals surface area contributed by atoms with Crippen molar-refractivity contribution in [2.24, 2.45) is 0 Å². The fraction of sp³-hybridized carbons (Fsp3) is 0.227. The standard InChI is InChI=1S/C22H25N3O2S2/c1-6-8-16(5)25-21(27)18(9-7-2)20(28)24-22(25)29-13-19(26)23-17-11-10-14(3)15(4)12-17/h6-12,28H,5,13H2,1-4H3,(H,23,26)/b8-6-,9-7+. The van der Waals surface area contributed by atoms with Gasteiger partial charge in [-0.15, -0.1) is 12.6 Å². The van der Waals surface area contributed by atoms with E-state index in [1.807, 2.05) is 45.9 Å². The zero-order chi connectivity index (χ0) is 21.6. The normalized spacial score (nSPS) is 11.3. The van der Waals surface area contributed by atoms with E-state index in [1.165, 1.54) is 4.57 Å². The van der Waals surface area contributed by atoms with Gasteiger partial charge in [-0.2, -0.15) is 0 Å². The number of anilines is 1. The molecule has 0 fully saturated rings.